The third-order valence-electron chi connectivity index (χ3n) is 3.31. The lowest BCUT2D eigenvalue weighted by Crippen LogP contribution is -2.27. The van der Waals surface area contributed by atoms with E-state index in [2.05, 4.69) is 23.0 Å². The Morgan fingerprint density at radius 3 is 2.89 bits per heavy atom. The second kappa shape index (κ2) is 6.36. The van der Waals surface area contributed by atoms with E-state index in [0.29, 0.717) is 0 Å². The lowest BCUT2D eigenvalue weighted by Gasteiger charge is -2.28. The van der Waals surface area contributed by atoms with Crippen molar-refractivity contribution >= 4 is 17.4 Å². The topological polar surface area (TPSA) is 41.9 Å². The number of fused-ring (bicyclic) bond motifs is 1. The fourth-order valence-corrected chi connectivity index (χ4v) is 2.39. The molecule has 0 fully saturated rings. The third-order valence-corrected chi connectivity index (χ3v) is 3.31. The first kappa shape index (κ1) is 13.6. The van der Waals surface area contributed by atoms with Gasteiger partial charge in [-0.15, -0.1) is 0 Å². The molecule has 2 rings (SSSR count). The van der Waals surface area contributed by atoms with Gasteiger partial charge < -0.3 is 9.74 Å². The van der Waals surface area contributed by atoms with Crippen molar-refractivity contribution < 1.29 is 9.63 Å². The van der Waals surface area contributed by atoms with Crippen LogP contribution in [0.2, 0.25) is 0 Å². The van der Waals surface area contributed by atoms with Crippen LogP contribution in [0.3, 0.4) is 0 Å². The summed E-state index contributed by atoms with van der Waals surface area (Å²) in [4.78, 5) is 18.1. The number of anilines is 1. The van der Waals surface area contributed by atoms with Crippen LogP contribution in [-0.4, -0.2) is 24.8 Å². The Morgan fingerprint density at radius 1 is 1.37 bits per heavy atom. The van der Waals surface area contributed by atoms with E-state index in [0.717, 1.165) is 43.6 Å². The predicted octanol–water partition coefficient (Wildman–Crippen LogP) is 2.96. The zero-order valence-electron chi connectivity index (χ0n) is 11.6. The number of carbonyl (C=O) groups excluding carboxylic acids is 1. The van der Waals surface area contributed by atoms with E-state index < -0.39 is 0 Å². The first-order valence-corrected chi connectivity index (χ1v) is 6.81. The molecule has 19 heavy (non-hydrogen) atoms. The van der Waals surface area contributed by atoms with E-state index in [9.17, 15) is 4.79 Å². The standard InChI is InChI=1S/C15H20N2O2/c1-3-17-11-7-6-9-14(16-19-12(2)18)13-8-4-5-10-15(13)17/h4-5,8,10H,3,6-7,9,11H2,1-2H3/b16-14+. The molecule has 1 aliphatic rings. The van der Waals surface area contributed by atoms with E-state index in [4.69, 9.17) is 4.84 Å². The number of para-hydroxylation sites is 1. The van der Waals surface area contributed by atoms with Crippen molar-refractivity contribution in [2.75, 3.05) is 18.0 Å². The molecule has 1 aromatic rings. The van der Waals surface area contributed by atoms with Crippen molar-refractivity contribution in [3.8, 4) is 0 Å². The highest BCUT2D eigenvalue weighted by atomic mass is 16.7. The van der Waals surface area contributed by atoms with Crippen LogP contribution in [0.1, 0.15) is 38.7 Å². The van der Waals surface area contributed by atoms with E-state index in [-0.39, 0.29) is 5.97 Å². The fraction of sp³-hybridized carbons (Fsp3) is 0.467. The average molecular weight is 260 g/mol. The summed E-state index contributed by atoms with van der Waals surface area (Å²) in [6.45, 7) is 5.56. The zero-order valence-corrected chi connectivity index (χ0v) is 11.6. The summed E-state index contributed by atoms with van der Waals surface area (Å²) >= 11 is 0. The number of rotatable bonds is 2. The molecule has 0 aromatic heterocycles. The molecule has 0 aliphatic carbocycles. The van der Waals surface area contributed by atoms with Crippen molar-refractivity contribution in [1.82, 2.24) is 0 Å². The van der Waals surface area contributed by atoms with E-state index in [1.165, 1.54) is 12.6 Å². The van der Waals surface area contributed by atoms with Crippen molar-refractivity contribution in [2.24, 2.45) is 5.16 Å². The summed E-state index contributed by atoms with van der Waals surface area (Å²) in [5, 5.41) is 4.03. The average Bonchev–Trinajstić information content (AvgIpc) is 2.39. The molecule has 1 aromatic carbocycles. The van der Waals surface area contributed by atoms with Crippen molar-refractivity contribution in [3.05, 3.63) is 29.8 Å². The van der Waals surface area contributed by atoms with Crippen LogP contribution in [0.5, 0.6) is 0 Å². The minimum Gasteiger partial charge on any atom is -0.371 e. The highest BCUT2D eigenvalue weighted by molar-refractivity contribution is 6.05. The maximum Gasteiger partial charge on any atom is 0.331 e. The molecule has 1 aliphatic heterocycles. The molecule has 4 heteroatoms. The molecule has 0 spiro atoms. The number of benzene rings is 1. The molecule has 0 saturated carbocycles. The molecule has 1 heterocycles. The monoisotopic (exact) mass is 260 g/mol. The van der Waals surface area contributed by atoms with Gasteiger partial charge in [-0.3, -0.25) is 0 Å². The van der Waals surface area contributed by atoms with Crippen molar-refractivity contribution in [2.45, 2.75) is 33.1 Å². The second-order valence-corrected chi connectivity index (χ2v) is 4.67. The Balaban J connectivity index is 2.40. The second-order valence-electron chi connectivity index (χ2n) is 4.67. The summed E-state index contributed by atoms with van der Waals surface area (Å²) in [5.41, 5.74) is 3.12. The van der Waals surface area contributed by atoms with Gasteiger partial charge in [0, 0.05) is 31.3 Å². The highest BCUT2D eigenvalue weighted by Gasteiger charge is 2.17. The first-order chi connectivity index (χ1) is 9.22. The Labute approximate surface area is 114 Å². The van der Waals surface area contributed by atoms with E-state index >= 15 is 0 Å². The van der Waals surface area contributed by atoms with Crippen LogP contribution >= 0.6 is 0 Å². The number of hydrogen-bond acceptors (Lipinski definition) is 4. The number of carbonyl (C=O) groups is 1. The molecular formula is C15H20N2O2. The van der Waals surface area contributed by atoms with Crippen molar-refractivity contribution in [3.63, 3.8) is 0 Å². The van der Waals surface area contributed by atoms with Crippen LogP contribution in [0.25, 0.3) is 0 Å². The largest absolute Gasteiger partial charge is 0.371 e. The lowest BCUT2D eigenvalue weighted by molar-refractivity contribution is -0.140. The minimum atomic E-state index is -0.376. The van der Waals surface area contributed by atoms with Crippen LogP contribution in [0.15, 0.2) is 29.4 Å². The summed E-state index contributed by atoms with van der Waals surface area (Å²) in [6, 6.07) is 8.18. The summed E-state index contributed by atoms with van der Waals surface area (Å²) in [5.74, 6) is -0.376. The summed E-state index contributed by atoms with van der Waals surface area (Å²) in [7, 11) is 0. The maximum absolute atomic E-state index is 10.9. The Kier molecular flexibility index (Phi) is 4.55. The molecule has 0 amide bonds. The molecule has 0 radical (unpaired) electrons. The van der Waals surface area contributed by atoms with Gasteiger partial charge in [0.15, 0.2) is 0 Å². The van der Waals surface area contributed by atoms with Crippen LogP contribution in [0.4, 0.5) is 5.69 Å². The van der Waals surface area contributed by atoms with Gasteiger partial charge >= 0.3 is 5.97 Å². The first-order valence-electron chi connectivity index (χ1n) is 6.81. The van der Waals surface area contributed by atoms with E-state index in [1.54, 1.807) is 0 Å². The van der Waals surface area contributed by atoms with Gasteiger partial charge in [0.25, 0.3) is 0 Å². The molecule has 0 saturated heterocycles. The van der Waals surface area contributed by atoms with Gasteiger partial charge in [0.2, 0.25) is 0 Å². The number of nitrogens with zero attached hydrogens (tertiary/aromatic N) is 2. The Morgan fingerprint density at radius 2 is 2.16 bits per heavy atom. The molecule has 102 valence electrons. The molecule has 0 unspecified atom stereocenters. The summed E-state index contributed by atoms with van der Waals surface area (Å²) < 4.78 is 0. The van der Waals surface area contributed by atoms with Gasteiger partial charge in [-0.25, -0.2) is 4.79 Å². The van der Waals surface area contributed by atoms with Gasteiger partial charge in [-0.2, -0.15) is 0 Å². The number of oxime groups is 1. The molecule has 0 N–H and O–H groups in total. The van der Waals surface area contributed by atoms with Gasteiger partial charge in [0.05, 0.1) is 5.71 Å². The van der Waals surface area contributed by atoms with Crippen molar-refractivity contribution in [1.29, 1.82) is 0 Å². The van der Waals surface area contributed by atoms with Gasteiger partial charge in [0.1, 0.15) is 0 Å². The minimum absolute atomic E-state index is 0.376. The predicted molar refractivity (Wildman–Crippen MR) is 76.5 cm³/mol. The van der Waals surface area contributed by atoms with E-state index in [1.807, 2.05) is 18.2 Å². The Bertz CT molecular complexity index is 483. The maximum atomic E-state index is 10.9. The zero-order chi connectivity index (χ0) is 13.7. The third kappa shape index (κ3) is 3.34. The summed E-state index contributed by atoms with van der Waals surface area (Å²) in [6.07, 6.45) is 3.04. The molecular weight excluding hydrogens is 240 g/mol. The fourth-order valence-electron chi connectivity index (χ4n) is 2.39. The highest BCUT2D eigenvalue weighted by Crippen LogP contribution is 2.26. The Hall–Kier alpha value is -1.84. The normalized spacial score (nSPS) is 17.6. The quantitative estimate of drug-likeness (QED) is 0.606. The molecule has 0 atom stereocenters. The van der Waals surface area contributed by atoms with Crippen LogP contribution in [0, 0.1) is 0 Å². The van der Waals surface area contributed by atoms with Gasteiger partial charge in [-0.05, 0) is 32.3 Å². The van der Waals surface area contributed by atoms with Gasteiger partial charge in [-0.1, -0.05) is 23.4 Å². The smallest absolute Gasteiger partial charge is 0.331 e. The molecule has 4 nitrogen and oxygen atoms in total. The molecule has 0 bridgehead atoms. The van der Waals surface area contributed by atoms with Crippen LogP contribution in [-0.2, 0) is 9.63 Å². The lowest BCUT2D eigenvalue weighted by atomic mass is 9.99. The van der Waals surface area contributed by atoms with Crippen LogP contribution < -0.4 is 4.90 Å². The number of hydrogen-bond donors (Lipinski definition) is 0. The SMILES string of the molecule is CCN1CCCC/C(=N\OC(C)=O)c2ccccc21.